The molecule has 0 saturated carbocycles. The molecule has 0 aliphatic carbocycles. The third-order valence-electron chi connectivity index (χ3n) is 3.50. The second-order valence-electron chi connectivity index (χ2n) is 5.38. The molecule has 0 N–H and O–H groups in total. The van der Waals surface area contributed by atoms with E-state index in [4.69, 9.17) is 9.47 Å². The minimum absolute atomic E-state index is 0.0839. The highest BCUT2D eigenvalue weighted by Crippen LogP contribution is 2.32. The van der Waals surface area contributed by atoms with Crippen LogP contribution in [0.25, 0.3) is 0 Å². The van der Waals surface area contributed by atoms with E-state index in [1.54, 1.807) is 0 Å². The maximum Gasteiger partial charge on any atom is 0.317 e. The number of ether oxygens (including phenoxy) is 2. The van der Waals surface area contributed by atoms with Gasteiger partial charge in [-0.1, -0.05) is 0 Å². The Morgan fingerprint density at radius 1 is 0.621 bits per heavy atom. The van der Waals surface area contributed by atoms with Crippen molar-refractivity contribution in [1.82, 2.24) is 0 Å². The zero-order valence-corrected chi connectivity index (χ0v) is 14.5. The van der Waals surface area contributed by atoms with E-state index in [1.807, 2.05) is 0 Å². The van der Waals surface area contributed by atoms with Crippen molar-refractivity contribution >= 4 is 22.7 Å². The van der Waals surface area contributed by atoms with Gasteiger partial charge in [0.05, 0.1) is 45.0 Å². The molecule has 0 heterocycles. The van der Waals surface area contributed by atoms with Crippen LogP contribution < -0.4 is 9.47 Å². The molecule has 29 heavy (non-hydrogen) atoms. The van der Waals surface area contributed by atoms with E-state index >= 15 is 0 Å². The van der Waals surface area contributed by atoms with Crippen molar-refractivity contribution in [2.75, 3.05) is 13.2 Å². The molecule has 0 unspecified atom stereocenters. The van der Waals surface area contributed by atoms with Crippen LogP contribution in [0.15, 0.2) is 36.4 Å². The lowest BCUT2D eigenvalue weighted by molar-refractivity contribution is -0.395. The van der Waals surface area contributed by atoms with Gasteiger partial charge in [0.1, 0.15) is 0 Å². The van der Waals surface area contributed by atoms with Crippen molar-refractivity contribution in [1.29, 1.82) is 0 Å². The molecular formula is C15H12N4O10. The van der Waals surface area contributed by atoms with Crippen LogP contribution in [-0.2, 0) is 0 Å². The van der Waals surface area contributed by atoms with Crippen molar-refractivity contribution in [3.8, 4) is 11.5 Å². The topological polar surface area (TPSA) is 191 Å². The summed E-state index contributed by atoms with van der Waals surface area (Å²) in [6.07, 6.45) is 0.155. The monoisotopic (exact) mass is 408 g/mol. The molecule has 152 valence electrons. The molecule has 0 bridgehead atoms. The van der Waals surface area contributed by atoms with E-state index in [-0.39, 0.29) is 31.1 Å². The Labute approximate surface area is 160 Å². The first-order chi connectivity index (χ1) is 13.7. The van der Waals surface area contributed by atoms with Gasteiger partial charge in [0.2, 0.25) is 0 Å². The number of nitrogens with zero attached hydrogens (tertiary/aromatic N) is 4. The molecule has 2 rings (SSSR count). The Bertz CT molecular complexity index is 900. The fraction of sp³-hybridized carbons (Fsp3) is 0.200. The highest BCUT2D eigenvalue weighted by atomic mass is 16.6. The summed E-state index contributed by atoms with van der Waals surface area (Å²) in [6, 6.07) is 5.84. The van der Waals surface area contributed by atoms with Gasteiger partial charge in [0, 0.05) is 18.6 Å². The van der Waals surface area contributed by atoms with Crippen LogP contribution in [0.4, 0.5) is 22.7 Å². The minimum atomic E-state index is -0.820. The summed E-state index contributed by atoms with van der Waals surface area (Å²) >= 11 is 0. The molecule has 0 saturated heterocycles. The zero-order chi connectivity index (χ0) is 21.6. The predicted octanol–water partition coefficient (Wildman–Crippen LogP) is 3.17. The number of benzene rings is 2. The minimum Gasteiger partial charge on any atom is -0.487 e. The number of nitro benzene ring substituents is 4. The van der Waals surface area contributed by atoms with Crippen molar-refractivity contribution in [2.45, 2.75) is 6.42 Å². The maximum absolute atomic E-state index is 11.0. The number of rotatable bonds is 10. The lowest BCUT2D eigenvalue weighted by atomic mass is 10.2. The van der Waals surface area contributed by atoms with Gasteiger partial charge in [-0.25, -0.2) is 0 Å². The summed E-state index contributed by atoms with van der Waals surface area (Å²) in [6.45, 7) is -0.168. The zero-order valence-electron chi connectivity index (χ0n) is 14.5. The summed E-state index contributed by atoms with van der Waals surface area (Å²) in [5.74, 6) is -0.358. The van der Waals surface area contributed by atoms with Gasteiger partial charge in [-0.2, -0.15) is 0 Å². The van der Waals surface area contributed by atoms with Crippen LogP contribution in [0, 0.1) is 40.5 Å². The predicted molar refractivity (Wildman–Crippen MR) is 95.1 cm³/mol. The van der Waals surface area contributed by atoms with Crippen molar-refractivity contribution in [3.05, 3.63) is 76.9 Å². The molecule has 0 spiro atoms. The second-order valence-corrected chi connectivity index (χ2v) is 5.38. The number of nitro groups is 4. The SMILES string of the molecule is O=[N+]([O-])c1ccc(OCCCOc2ccc([N+](=O)[O-])cc2[N+](=O)[O-])c([N+](=O)[O-])c1. The van der Waals surface area contributed by atoms with Gasteiger partial charge in [-0.15, -0.1) is 0 Å². The summed E-state index contributed by atoms with van der Waals surface area (Å²) in [5, 5.41) is 43.4. The Balaban J connectivity index is 1.97. The van der Waals surface area contributed by atoms with E-state index in [2.05, 4.69) is 0 Å². The first-order valence-corrected chi connectivity index (χ1v) is 7.82. The number of hydrogen-bond donors (Lipinski definition) is 0. The normalized spacial score (nSPS) is 10.2. The molecule has 0 atom stereocenters. The van der Waals surface area contributed by atoms with Crippen molar-refractivity contribution < 1.29 is 29.2 Å². The van der Waals surface area contributed by atoms with Gasteiger partial charge < -0.3 is 9.47 Å². The molecule has 14 heteroatoms. The Morgan fingerprint density at radius 3 is 1.31 bits per heavy atom. The van der Waals surface area contributed by atoms with Gasteiger partial charge in [0.25, 0.3) is 11.4 Å². The fourth-order valence-corrected chi connectivity index (χ4v) is 2.19. The molecule has 0 aliphatic rings. The van der Waals surface area contributed by atoms with Gasteiger partial charge in [0.15, 0.2) is 11.5 Å². The maximum atomic E-state index is 11.0. The summed E-state index contributed by atoms with van der Waals surface area (Å²) in [5.41, 5.74) is -2.08. The second kappa shape index (κ2) is 9.03. The first kappa shape index (κ1) is 20.9. The average Bonchev–Trinajstić information content (AvgIpc) is 2.67. The molecule has 14 nitrogen and oxygen atoms in total. The first-order valence-electron chi connectivity index (χ1n) is 7.82. The number of hydrogen-bond acceptors (Lipinski definition) is 10. The Hall–Kier alpha value is -4.36. The third-order valence-corrected chi connectivity index (χ3v) is 3.50. The lowest BCUT2D eigenvalue weighted by Crippen LogP contribution is -2.07. The average molecular weight is 408 g/mol. The molecule has 2 aromatic rings. The van der Waals surface area contributed by atoms with Crippen LogP contribution in [0.1, 0.15) is 6.42 Å². The smallest absolute Gasteiger partial charge is 0.317 e. The molecule has 0 aromatic heterocycles. The van der Waals surface area contributed by atoms with Gasteiger partial charge in [-0.05, 0) is 12.1 Å². The van der Waals surface area contributed by atoms with Crippen LogP contribution in [-0.4, -0.2) is 32.9 Å². The van der Waals surface area contributed by atoms with Crippen molar-refractivity contribution in [2.24, 2.45) is 0 Å². The summed E-state index contributed by atoms with van der Waals surface area (Å²) in [7, 11) is 0. The lowest BCUT2D eigenvalue weighted by Gasteiger charge is -2.08. The van der Waals surface area contributed by atoms with Crippen molar-refractivity contribution in [3.63, 3.8) is 0 Å². The highest BCUT2D eigenvalue weighted by Gasteiger charge is 2.22. The summed E-state index contributed by atoms with van der Waals surface area (Å²) < 4.78 is 10.5. The highest BCUT2D eigenvalue weighted by molar-refractivity contribution is 5.54. The standard InChI is InChI=1S/C15H12N4O10/c20-16(21)10-2-4-14(12(8-10)18(24)25)28-6-1-7-29-15-5-3-11(17(22)23)9-13(15)19(26)27/h2-5,8-9H,1,6-7H2. The Morgan fingerprint density at radius 2 is 1.00 bits per heavy atom. The molecule has 0 fully saturated rings. The van der Waals surface area contributed by atoms with E-state index < -0.39 is 42.4 Å². The quantitative estimate of drug-likeness (QED) is 0.320. The van der Waals surface area contributed by atoms with Crippen LogP contribution >= 0.6 is 0 Å². The molecule has 0 radical (unpaired) electrons. The van der Waals surface area contributed by atoms with Crippen LogP contribution in [0.2, 0.25) is 0 Å². The van der Waals surface area contributed by atoms with Gasteiger partial charge in [-0.3, -0.25) is 40.5 Å². The number of non-ortho nitro benzene ring substituents is 2. The summed E-state index contributed by atoms with van der Waals surface area (Å²) in [4.78, 5) is 40.2. The van der Waals surface area contributed by atoms with E-state index in [9.17, 15) is 40.5 Å². The van der Waals surface area contributed by atoms with Gasteiger partial charge >= 0.3 is 11.4 Å². The van der Waals surface area contributed by atoms with E-state index in [0.29, 0.717) is 0 Å². The molecule has 0 aliphatic heterocycles. The van der Waals surface area contributed by atoms with E-state index in [1.165, 1.54) is 0 Å². The molecule has 0 amide bonds. The van der Waals surface area contributed by atoms with E-state index in [0.717, 1.165) is 36.4 Å². The largest absolute Gasteiger partial charge is 0.487 e. The van der Waals surface area contributed by atoms with Crippen LogP contribution in [0.3, 0.4) is 0 Å². The molecular weight excluding hydrogens is 396 g/mol. The third kappa shape index (κ3) is 5.31. The van der Waals surface area contributed by atoms with Crippen LogP contribution in [0.5, 0.6) is 11.5 Å². The fourth-order valence-electron chi connectivity index (χ4n) is 2.19. The molecule has 2 aromatic carbocycles. The Kier molecular flexibility index (Phi) is 6.52.